The molecule has 0 aliphatic rings. The van der Waals surface area contributed by atoms with E-state index >= 15 is 0 Å². The van der Waals surface area contributed by atoms with E-state index in [1.807, 2.05) is 0 Å². The van der Waals surface area contributed by atoms with Crippen LogP contribution in [0.4, 0.5) is 0 Å². The van der Waals surface area contributed by atoms with Gasteiger partial charge in [-0.2, -0.15) is 0 Å². The van der Waals surface area contributed by atoms with E-state index in [-0.39, 0.29) is 25.2 Å². The maximum absolute atomic E-state index is 12.8. The van der Waals surface area contributed by atoms with Gasteiger partial charge in [-0.15, -0.1) is 0 Å². The molecule has 0 saturated carbocycles. The minimum atomic E-state index is -0.570. The monoisotopic (exact) mass is 915 g/mol. The number of unbranched alkanes of at least 4 members (excludes halogenated alkanes) is 20. The number of esters is 2. The Morgan fingerprint density at radius 2 is 0.682 bits per heavy atom. The molecule has 0 saturated heterocycles. The summed E-state index contributed by atoms with van der Waals surface area (Å²) >= 11 is 0. The summed E-state index contributed by atoms with van der Waals surface area (Å²) in [7, 11) is 0. The van der Waals surface area contributed by atoms with Crippen molar-refractivity contribution >= 4 is 11.9 Å². The second kappa shape index (κ2) is 55.9. The molecule has 0 aromatic heterocycles. The van der Waals surface area contributed by atoms with Gasteiger partial charge < -0.3 is 14.2 Å². The third-order valence-electron chi connectivity index (χ3n) is 11.3. The molecular weight excluding hydrogens is 813 g/mol. The molecule has 0 rings (SSSR count). The van der Waals surface area contributed by atoms with Gasteiger partial charge in [-0.3, -0.25) is 9.59 Å². The van der Waals surface area contributed by atoms with Crippen molar-refractivity contribution in [1.82, 2.24) is 0 Å². The van der Waals surface area contributed by atoms with Gasteiger partial charge >= 0.3 is 11.9 Å². The number of carbonyl (C=O) groups is 2. The topological polar surface area (TPSA) is 61.8 Å². The minimum absolute atomic E-state index is 0.0503. The lowest BCUT2D eigenvalue weighted by Gasteiger charge is -2.18. The van der Waals surface area contributed by atoms with E-state index < -0.39 is 6.10 Å². The highest BCUT2D eigenvalue weighted by Crippen LogP contribution is 2.13. The summed E-state index contributed by atoms with van der Waals surface area (Å²) in [5, 5.41) is 0. The van der Waals surface area contributed by atoms with Gasteiger partial charge in [0.1, 0.15) is 6.61 Å². The molecule has 5 heteroatoms. The summed E-state index contributed by atoms with van der Waals surface area (Å²) in [5.41, 5.74) is 0. The van der Waals surface area contributed by atoms with Crippen LogP contribution >= 0.6 is 0 Å². The fourth-order valence-electron chi connectivity index (χ4n) is 7.25. The Labute approximate surface area is 408 Å². The van der Waals surface area contributed by atoms with Gasteiger partial charge in [0.15, 0.2) is 6.10 Å². The van der Waals surface area contributed by atoms with Crippen molar-refractivity contribution in [3.63, 3.8) is 0 Å². The Morgan fingerprint density at radius 1 is 0.348 bits per heavy atom. The first kappa shape index (κ1) is 62.6. The molecule has 0 heterocycles. The first-order valence-corrected chi connectivity index (χ1v) is 27.4. The number of ether oxygens (including phenoxy) is 3. The van der Waals surface area contributed by atoms with Crippen molar-refractivity contribution in [3.8, 4) is 0 Å². The molecule has 66 heavy (non-hydrogen) atoms. The molecule has 0 aliphatic heterocycles. The lowest BCUT2D eigenvalue weighted by Crippen LogP contribution is -2.30. The van der Waals surface area contributed by atoms with Crippen LogP contribution in [0.25, 0.3) is 0 Å². The average Bonchev–Trinajstić information content (AvgIpc) is 3.32. The number of hydrogen-bond acceptors (Lipinski definition) is 5. The molecule has 0 aromatic carbocycles. The van der Waals surface area contributed by atoms with Crippen LogP contribution in [0.2, 0.25) is 0 Å². The summed E-state index contributed by atoms with van der Waals surface area (Å²) in [6.45, 7) is 7.52. The van der Waals surface area contributed by atoms with Gasteiger partial charge in [-0.05, 0) is 122 Å². The van der Waals surface area contributed by atoms with Crippen molar-refractivity contribution in [1.29, 1.82) is 0 Å². The van der Waals surface area contributed by atoms with E-state index in [1.54, 1.807) is 0 Å². The molecule has 0 radical (unpaired) electrons. The van der Waals surface area contributed by atoms with Gasteiger partial charge in [-0.25, -0.2) is 0 Å². The highest BCUT2D eigenvalue weighted by atomic mass is 16.6. The molecule has 5 nitrogen and oxygen atoms in total. The number of rotatable bonds is 49. The highest BCUT2D eigenvalue weighted by molar-refractivity contribution is 5.70. The van der Waals surface area contributed by atoms with Gasteiger partial charge in [0.25, 0.3) is 0 Å². The number of carbonyl (C=O) groups excluding carboxylic acids is 2. The van der Waals surface area contributed by atoms with Crippen LogP contribution < -0.4 is 0 Å². The van der Waals surface area contributed by atoms with Gasteiger partial charge in [0, 0.05) is 19.4 Å². The fourth-order valence-corrected chi connectivity index (χ4v) is 7.25. The van der Waals surface area contributed by atoms with Crippen molar-refractivity contribution in [2.75, 3.05) is 19.8 Å². The van der Waals surface area contributed by atoms with E-state index in [0.717, 1.165) is 116 Å². The number of allylic oxidation sites excluding steroid dienone is 18. The molecule has 1 atom stereocenters. The zero-order valence-corrected chi connectivity index (χ0v) is 43.2. The first-order chi connectivity index (χ1) is 32.6. The first-order valence-electron chi connectivity index (χ1n) is 27.4. The zero-order chi connectivity index (χ0) is 47.7. The second-order valence-electron chi connectivity index (χ2n) is 17.7. The fraction of sp³-hybridized carbons (Fsp3) is 0.672. The average molecular weight is 915 g/mol. The molecule has 0 aliphatic carbocycles. The van der Waals surface area contributed by atoms with Crippen molar-refractivity contribution in [2.24, 2.45) is 0 Å². The SMILES string of the molecule is CC/C=C\C/C=C\C/C=C\C/C=C\CCCCCCCCCOCC(COC(=O)CCCC/C=C\C/C=C\C/C=C\C/C=C\CC)OC(=O)CCCCCCC/C=C\CCCCCCCC. The maximum Gasteiger partial charge on any atom is 0.306 e. The minimum Gasteiger partial charge on any atom is -0.462 e. The van der Waals surface area contributed by atoms with Gasteiger partial charge in [0.05, 0.1) is 6.61 Å². The lowest BCUT2D eigenvalue weighted by molar-refractivity contribution is -0.163. The normalized spacial score (nSPS) is 13.1. The smallest absolute Gasteiger partial charge is 0.306 e. The van der Waals surface area contributed by atoms with E-state index in [4.69, 9.17) is 14.2 Å². The zero-order valence-electron chi connectivity index (χ0n) is 43.2. The van der Waals surface area contributed by atoms with Crippen molar-refractivity contribution in [2.45, 2.75) is 245 Å². The Balaban J connectivity index is 4.37. The molecule has 0 amide bonds. The van der Waals surface area contributed by atoms with E-state index in [0.29, 0.717) is 19.4 Å². The van der Waals surface area contributed by atoms with Crippen LogP contribution in [-0.4, -0.2) is 37.9 Å². The Bertz CT molecular complexity index is 1310. The molecule has 1 unspecified atom stereocenters. The van der Waals surface area contributed by atoms with E-state index in [1.165, 1.54) is 89.9 Å². The van der Waals surface area contributed by atoms with Gasteiger partial charge in [-0.1, -0.05) is 214 Å². The van der Waals surface area contributed by atoms with E-state index in [9.17, 15) is 9.59 Å². The number of hydrogen-bond donors (Lipinski definition) is 0. The van der Waals surface area contributed by atoms with Crippen LogP contribution in [0.1, 0.15) is 239 Å². The molecular formula is C61H102O5. The molecule has 0 N–H and O–H groups in total. The largest absolute Gasteiger partial charge is 0.462 e. The molecule has 0 aromatic rings. The van der Waals surface area contributed by atoms with Crippen LogP contribution in [0.15, 0.2) is 109 Å². The quantitative estimate of drug-likeness (QED) is 0.0346. The lowest BCUT2D eigenvalue weighted by atomic mass is 10.1. The molecule has 376 valence electrons. The predicted octanol–water partition coefficient (Wildman–Crippen LogP) is 18.8. The summed E-state index contributed by atoms with van der Waals surface area (Å²) in [5.74, 6) is -0.464. The van der Waals surface area contributed by atoms with Crippen molar-refractivity contribution < 1.29 is 23.8 Å². The van der Waals surface area contributed by atoms with Crippen LogP contribution in [-0.2, 0) is 23.8 Å². The predicted molar refractivity (Wildman–Crippen MR) is 288 cm³/mol. The summed E-state index contributed by atoms with van der Waals surface area (Å²) in [6.07, 6.45) is 76.8. The highest BCUT2D eigenvalue weighted by Gasteiger charge is 2.17. The Kier molecular flexibility index (Phi) is 53.0. The van der Waals surface area contributed by atoms with Gasteiger partial charge in [0.2, 0.25) is 0 Å². The molecule has 0 spiro atoms. The molecule has 0 bridgehead atoms. The third kappa shape index (κ3) is 53.2. The molecule has 0 fully saturated rings. The summed E-state index contributed by atoms with van der Waals surface area (Å²) < 4.78 is 17.4. The summed E-state index contributed by atoms with van der Waals surface area (Å²) in [4.78, 5) is 25.4. The third-order valence-corrected chi connectivity index (χ3v) is 11.3. The second-order valence-corrected chi connectivity index (χ2v) is 17.7. The van der Waals surface area contributed by atoms with Crippen LogP contribution in [0.3, 0.4) is 0 Å². The summed E-state index contributed by atoms with van der Waals surface area (Å²) in [6, 6.07) is 0. The van der Waals surface area contributed by atoms with E-state index in [2.05, 4.69) is 130 Å². The van der Waals surface area contributed by atoms with Crippen LogP contribution in [0, 0.1) is 0 Å². The van der Waals surface area contributed by atoms with Crippen molar-refractivity contribution in [3.05, 3.63) is 109 Å². The van der Waals surface area contributed by atoms with Crippen LogP contribution in [0.5, 0.6) is 0 Å². The Hall–Kier alpha value is -3.44. The standard InChI is InChI=1S/C61H102O5/c1-4-7-10-13-16-19-22-25-28-29-30-31-32-35-38-41-44-47-50-53-56-64-57-59(66-61(63)55-52-49-46-43-40-37-34-27-24-21-18-15-12-9-6-3)58-65-60(62)54-51-48-45-42-39-36-33-26-23-20-17-14-11-8-5-2/h7-8,10-11,16-17,19-20,25-28,30-31,33-34,39,42,59H,4-6,9,12-15,18,21-24,29,32,35-38,40-41,43-58H2,1-3H3/b10-7-,11-8-,19-16-,20-17-,28-25-,31-30-,33-26-,34-27-,42-39-. The maximum atomic E-state index is 12.8. The Morgan fingerprint density at radius 3 is 1.14 bits per heavy atom.